The fraction of sp³-hybridized carbons (Fsp3) is 0.435. The van der Waals surface area contributed by atoms with Crippen LogP contribution in [0.15, 0.2) is 40.9 Å². The van der Waals surface area contributed by atoms with Crippen LogP contribution in [0, 0.1) is 6.92 Å². The van der Waals surface area contributed by atoms with Crippen molar-refractivity contribution in [3.05, 3.63) is 57.6 Å². The Kier molecular flexibility index (Phi) is 5.69. The third-order valence-corrected chi connectivity index (χ3v) is 5.89. The molecule has 2 aliphatic heterocycles. The highest BCUT2D eigenvalue weighted by Gasteiger charge is 2.54. The lowest BCUT2D eigenvalue weighted by molar-refractivity contribution is -0.256. The van der Waals surface area contributed by atoms with Gasteiger partial charge in [-0.2, -0.15) is 0 Å². The fourth-order valence-electron chi connectivity index (χ4n) is 3.93. The summed E-state index contributed by atoms with van der Waals surface area (Å²) in [6.07, 6.45) is 0.785. The van der Waals surface area contributed by atoms with E-state index in [9.17, 15) is 4.79 Å². The zero-order valence-corrected chi connectivity index (χ0v) is 18.6. The summed E-state index contributed by atoms with van der Waals surface area (Å²) >= 11 is 3.50. The molecule has 6 heteroatoms. The number of carbonyl (C=O) groups excluding carboxylic acids is 1. The number of carbonyl (C=O) groups is 1. The van der Waals surface area contributed by atoms with Crippen molar-refractivity contribution in [3.63, 3.8) is 0 Å². The smallest absolute Gasteiger partial charge is 0.292 e. The number of benzene rings is 2. The van der Waals surface area contributed by atoms with Crippen LogP contribution in [0.3, 0.4) is 0 Å². The lowest BCUT2D eigenvalue weighted by Crippen LogP contribution is -2.48. The maximum atomic E-state index is 13.3. The number of nitrogens with zero attached hydrogens (tertiary/aromatic N) is 1. The number of anilines is 1. The molecule has 0 aliphatic carbocycles. The molecule has 0 unspecified atom stereocenters. The average Bonchev–Trinajstić information content (AvgIpc) is 2.91. The molecule has 1 spiro atoms. The van der Waals surface area contributed by atoms with Crippen molar-refractivity contribution in [2.75, 3.05) is 31.3 Å². The van der Waals surface area contributed by atoms with Crippen LogP contribution in [0.1, 0.15) is 42.9 Å². The van der Waals surface area contributed by atoms with Gasteiger partial charge in [0, 0.05) is 10.0 Å². The number of ether oxygens (including phenoxy) is 3. The molecule has 0 aromatic heterocycles. The molecule has 2 heterocycles. The second kappa shape index (κ2) is 8.09. The minimum absolute atomic E-state index is 0.178. The Hall–Kier alpha value is -1.89. The normalized spacial score (nSPS) is 17.8. The Balaban J connectivity index is 1.56. The molecular weight excluding hydrogens is 434 g/mol. The van der Waals surface area contributed by atoms with Crippen molar-refractivity contribution in [2.45, 2.75) is 38.9 Å². The van der Waals surface area contributed by atoms with Crippen molar-refractivity contribution in [1.29, 1.82) is 0 Å². The summed E-state index contributed by atoms with van der Waals surface area (Å²) in [4.78, 5) is 15.0. The van der Waals surface area contributed by atoms with Gasteiger partial charge in [-0.3, -0.25) is 4.79 Å². The van der Waals surface area contributed by atoms with Crippen LogP contribution in [0.5, 0.6) is 5.75 Å². The first-order valence-corrected chi connectivity index (χ1v) is 10.8. The molecular formula is C23H26BrNO4. The maximum absolute atomic E-state index is 13.3. The van der Waals surface area contributed by atoms with Gasteiger partial charge in [0.25, 0.3) is 11.7 Å². The van der Waals surface area contributed by atoms with Gasteiger partial charge in [-0.25, -0.2) is 0 Å². The van der Waals surface area contributed by atoms with E-state index in [-0.39, 0.29) is 5.91 Å². The summed E-state index contributed by atoms with van der Waals surface area (Å²) in [6.45, 7) is 8.17. The molecule has 1 amide bonds. The first-order chi connectivity index (χ1) is 13.9. The van der Waals surface area contributed by atoms with Gasteiger partial charge < -0.3 is 19.1 Å². The fourth-order valence-corrected chi connectivity index (χ4v) is 4.29. The molecule has 2 aromatic rings. The van der Waals surface area contributed by atoms with E-state index >= 15 is 0 Å². The largest absolute Gasteiger partial charge is 0.491 e. The van der Waals surface area contributed by atoms with Crippen LogP contribution in [0.25, 0.3) is 0 Å². The van der Waals surface area contributed by atoms with Gasteiger partial charge in [0.1, 0.15) is 12.4 Å². The van der Waals surface area contributed by atoms with Gasteiger partial charge in [-0.15, -0.1) is 0 Å². The van der Waals surface area contributed by atoms with Crippen molar-refractivity contribution in [2.24, 2.45) is 0 Å². The van der Waals surface area contributed by atoms with E-state index in [0.29, 0.717) is 32.3 Å². The Morgan fingerprint density at radius 1 is 1.17 bits per heavy atom. The third-order valence-electron chi connectivity index (χ3n) is 5.39. The molecule has 4 rings (SSSR count). The van der Waals surface area contributed by atoms with Crippen LogP contribution in [0.2, 0.25) is 0 Å². The molecule has 0 bridgehead atoms. The van der Waals surface area contributed by atoms with E-state index in [1.54, 1.807) is 4.90 Å². The van der Waals surface area contributed by atoms with Gasteiger partial charge >= 0.3 is 0 Å². The first-order valence-electron chi connectivity index (χ1n) is 10.1. The van der Waals surface area contributed by atoms with E-state index < -0.39 is 5.79 Å². The highest BCUT2D eigenvalue weighted by Crippen LogP contribution is 2.46. The zero-order chi connectivity index (χ0) is 20.6. The van der Waals surface area contributed by atoms with Crippen molar-refractivity contribution < 1.29 is 19.0 Å². The second-order valence-electron chi connectivity index (χ2n) is 7.83. The lowest BCUT2D eigenvalue weighted by Gasteiger charge is -2.32. The molecule has 5 nitrogen and oxygen atoms in total. The summed E-state index contributed by atoms with van der Waals surface area (Å²) in [5.41, 5.74) is 3.90. The number of aryl methyl sites for hydroxylation is 1. The van der Waals surface area contributed by atoms with Crippen molar-refractivity contribution >= 4 is 27.5 Å². The Morgan fingerprint density at radius 3 is 2.66 bits per heavy atom. The molecule has 2 aliphatic rings. The molecule has 0 saturated carbocycles. The quantitative estimate of drug-likeness (QED) is 0.637. The third kappa shape index (κ3) is 3.69. The highest BCUT2D eigenvalue weighted by atomic mass is 79.9. The molecule has 1 saturated heterocycles. The lowest BCUT2D eigenvalue weighted by atomic mass is 10.0. The average molecular weight is 460 g/mol. The summed E-state index contributed by atoms with van der Waals surface area (Å²) < 4.78 is 18.8. The van der Waals surface area contributed by atoms with Gasteiger partial charge in [0.2, 0.25) is 0 Å². The summed E-state index contributed by atoms with van der Waals surface area (Å²) in [5.74, 6) is -0.266. The van der Waals surface area contributed by atoms with Crippen molar-refractivity contribution in [3.8, 4) is 5.75 Å². The topological polar surface area (TPSA) is 48.0 Å². The highest BCUT2D eigenvalue weighted by molar-refractivity contribution is 9.10. The number of hydrogen-bond acceptors (Lipinski definition) is 4. The first kappa shape index (κ1) is 20.4. The molecule has 1 fully saturated rings. The molecule has 154 valence electrons. The van der Waals surface area contributed by atoms with Gasteiger partial charge in [-0.05, 0) is 54.7 Å². The van der Waals surface area contributed by atoms with Crippen LogP contribution < -0.4 is 9.64 Å². The molecule has 0 radical (unpaired) electrons. The van der Waals surface area contributed by atoms with Gasteiger partial charge in [-0.1, -0.05) is 41.9 Å². The van der Waals surface area contributed by atoms with E-state index in [1.165, 1.54) is 5.56 Å². The van der Waals surface area contributed by atoms with E-state index in [4.69, 9.17) is 14.2 Å². The maximum Gasteiger partial charge on any atom is 0.292 e. The minimum Gasteiger partial charge on any atom is -0.491 e. The predicted octanol–water partition coefficient (Wildman–Crippen LogP) is 4.90. The van der Waals surface area contributed by atoms with Gasteiger partial charge in [0.05, 0.1) is 25.4 Å². The number of hydrogen-bond donors (Lipinski definition) is 0. The number of halogens is 1. The van der Waals surface area contributed by atoms with Gasteiger partial charge in [0.15, 0.2) is 0 Å². The molecule has 29 heavy (non-hydrogen) atoms. The second-order valence-corrected chi connectivity index (χ2v) is 8.75. The molecule has 2 aromatic carbocycles. The van der Waals surface area contributed by atoms with Crippen LogP contribution in [-0.2, 0) is 20.1 Å². The van der Waals surface area contributed by atoms with E-state index in [0.717, 1.165) is 33.5 Å². The van der Waals surface area contributed by atoms with Crippen molar-refractivity contribution in [1.82, 2.24) is 0 Å². The van der Waals surface area contributed by atoms with E-state index in [1.807, 2.05) is 18.2 Å². The van der Waals surface area contributed by atoms with Crippen LogP contribution in [0.4, 0.5) is 5.69 Å². The zero-order valence-electron chi connectivity index (χ0n) is 17.0. The Labute approximate surface area is 180 Å². The predicted molar refractivity (Wildman–Crippen MR) is 115 cm³/mol. The van der Waals surface area contributed by atoms with Crippen LogP contribution in [-0.4, -0.2) is 32.3 Å². The monoisotopic (exact) mass is 459 g/mol. The van der Waals surface area contributed by atoms with Crippen LogP contribution >= 0.6 is 15.9 Å². The summed E-state index contributed by atoms with van der Waals surface area (Å²) in [7, 11) is 0. The number of rotatable bonds is 5. The Bertz CT molecular complexity index is 921. The number of amides is 1. The minimum atomic E-state index is -1.33. The van der Waals surface area contributed by atoms with E-state index in [2.05, 4.69) is 54.9 Å². The number of fused-ring (bicyclic) bond motifs is 2. The Morgan fingerprint density at radius 2 is 1.93 bits per heavy atom. The molecule has 0 atom stereocenters. The standard InChI is InChI=1S/C23H26BrNO4/c1-15(2)18-7-5-16(3)13-21(18)27-12-9-25-20-8-6-17(24)14-19(20)23(22(25)26)28-10-4-11-29-23/h5-8,13-15H,4,9-12H2,1-3H3. The summed E-state index contributed by atoms with van der Waals surface area (Å²) in [5, 5.41) is 0. The summed E-state index contributed by atoms with van der Waals surface area (Å²) in [6, 6.07) is 12.0. The SMILES string of the molecule is Cc1ccc(C(C)C)c(OCCN2C(=O)C3(OCCCO3)c3cc(Br)ccc32)c1. The molecule has 0 N–H and O–H groups in total.